The SMILES string of the molecule is CNC(=O)c1sc(NC2CCC2)c(C(=O)NC)c1N. The summed E-state index contributed by atoms with van der Waals surface area (Å²) in [6.45, 7) is 0. The second-order valence-corrected chi connectivity index (χ2v) is 5.50. The summed E-state index contributed by atoms with van der Waals surface area (Å²) in [5.41, 5.74) is 6.56. The molecule has 0 saturated heterocycles. The average Bonchev–Trinajstić information content (AvgIpc) is 2.69. The molecule has 1 saturated carbocycles. The van der Waals surface area contributed by atoms with Crippen molar-refractivity contribution < 1.29 is 9.59 Å². The molecule has 6 nitrogen and oxygen atoms in total. The van der Waals surface area contributed by atoms with Gasteiger partial charge in [-0.25, -0.2) is 0 Å². The summed E-state index contributed by atoms with van der Waals surface area (Å²) in [6, 6.07) is 0.374. The minimum atomic E-state index is -0.272. The first kappa shape index (κ1) is 13.7. The van der Waals surface area contributed by atoms with Gasteiger partial charge in [0, 0.05) is 20.1 Å². The van der Waals surface area contributed by atoms with Crippen LogP contribution in [0.3, 0.4) is 0 Å². The maximum absolute atomic E-state index is 11.9. The zero-order chi connectivity index (χ0) is 14.0. The molecule has 0 bridgehead atoms. The molecule has 0 aliphatic heterocycles. The van der Waals surface area contributed by atoms with Crippen molar-refractivity contribution in [1.82, 2.24) is 10.6 Å². The van der Waals surface area contributed by atoms with Gasteiger partial charge in [-0.2, -0.15) is 0 Å². The number of hydrogen-bond donors (Lipinski definition) is 4. The van der Waals surface area contributed by atoms with Crippen molar-refractivity contribution in [1.29, 1.82) is 0 Å². The van der Waals surface area contributed by atoms with E-state index in [0.29, 0.717) is 21.5 Å². The molecule has 7 heteroatoms. The lowest BCUT2D eigenvalue weighted by atomic mass is 9.93. The molecule has 0 radical (unpaired) electrons. The quantitative estimate of drug-likeness (QED) is 0.663. The van der Waals surface area contributed by atoms with Gasteiger partial charge in [0.05, 0.1) is 11.3 Å². The van der Waals surface area contributed by atoms with Crippen LogP contribution < -0.4 is 21.7 Å². The van der Waals surface area contributed by atoms with Crippen LogP contribution in [-0.4, -0.2) is 32.0 Å². The number of anilines is 2. The topological polar surface area (TPSA) is 96.2 Å². The Morgan fingerprint density at radius 2 is 1.84 bits per heavy atom. The third-order valence-electron chi connectivity index (χ3n) is 3.27. The summed E-state index contributed by atoms with van der Waals surface area (Å²) in [5, 5.41) is 9.07. The molecular formula is C12H18N4O2S. The first-order chi connectivity index (χ1) is 9.08. The average molecular weight is 282 g/mol. The van der Waals surface area contributed by atoms with Gasteiger partial charge in [0.1, 0.15) is 9.88 Å². The van der Waals surface area contributed by atoms with E-state index in [2.05, 4.69) is 16.0 Å². The van der Waals surface area contributed by atoms with Crippen molar-refractivity contribution in [3.05, 3.63) is 10.4 Å². The van der Waals surface area contributed by atoms with Crippen LogP contribution in [0.2, 0.25) is 0 Å². The smallest absolute Gasteiger partial charge is 0.263 e. The number of nitrogens with one attached hydrogen (secondary N) is 3. The fraction of sp³-hybridized carbons (Fsp3) is 0.500. The molecule has 5 N–H and O–H groups in total. The third-order valence-corrected chi connectivity index (χ3v) is 4.41. The highest BCUT2D eigenvalue weighted by atomic mass is 32.1. The lowest BCUT2D eigenvalue weighted by Gasteiger charge is -2.27. The van der Waals surface area contributed by atoms with E-state index >= 15 is 0 Å². The Balaban J connectivity index is 2.37. The van der Waals surface area contributed by atoms with Gasteiger partial charge < -0.3 is 21.7 Å². The summed E-state index contributed by atoms with van der Waals surface area (Å²) in [4.78, 5) is 24.0. The summed E-state index contributed by atoms with van der Waals surface area (Å²) < 4.78 is 0. The van der Waals surface area contributed by atoms with E-state index < -0.39 is 0 Å². The molecule has 0 atom stereocenters. The minimum absolute atomic E-state index is 0.241. The van der Waals surface area contributed by atoms with Crippen molar-refractivity contribution in [2.45, 2.75) is 25.3 Å². The number of nitrogen functional groups attached to an aromatic ring is 1. The van der Waals surface area contributed by atoms with Gasteiger partial charge in [-0.05, 0) is 19.3 Å². The second kappa shape index (κ2) is 5.48. The Kier molecular flexibility index (Phi) is 3.94. The third kappa shape index (κ3) is 2.51. The molecule has 1 heterocycles. The molecule has 2 amide bonds. The molecule has 104 valence electrons. The highest BCUT2D eigenvalue weighted by Gasteiger charge is 2.27. The fourth-order valence-corrected chi connectivity index (χ4v) is 3.06. The number of amides is 2. The van der Waals surface area contributed by atoms with Crippen LogP contribution in [-0.2, 0) is 0 Å². The van der Waals surface area contributed by atoms with Gasteiger partial charge in [0.25, 0.3) is 11.8 Å². The van der Waals surface area contributed by atoms with E-state index in [1.54, 1.807) is 14.1 Å². The highest BCUT2D eigenvalue weighted by molar-refractivity contribution is 7.19. The van der Waals surface area contributed by atoms with Crippen molar-refractivity contribution >= 4 is 33.8 Å². The van der Waals surface area contributed by atoms with Gasteiger partial charge in [0.2, 0.25) is 0 Å². The highest BCUT2D eigenvalue weighted by Crippen LogP contribution is 2.37. The van der Waals surface area contributed by atoms with E-state index in [-0.39, 0.29) is 17.5 Å². The fourth-order valence-electron chi connectivity index (χ4n) is 1.92. The summed E-state index contributed by atoms with van der Waals surface area (Å²) in [6.07, 6.45) is 3.36. The number of hydrogen-bond acceptors (Lipinski definition) is 5. The molecular weight excluding hydrogens is 264 g/mol. The molecule has 1 aliphatic rings. The first-order valence-corrected chi connectivity index (χ1v) is 7.03. The Morgan fingerprint density at radius 3 is 2.32 bits per heavy atom. The van der Waals surface area contributed by atoms with Gasteiger partial charge in [-0.1, -0.05) is 0 Å². The number of nitrogens with two attached hydrogens (primary N) is 1. The summed E-state index contributed by atoms with van der Waals surface area (Å²) in [7, 11) is 3.09. The van der Waals surface area contributed by atoms with Crippen LogP contribution >= 0.6 is 11.3 Å². The molecule has 19 heavy (non-hydrogen) atoms. The lowest BCUT2D eigenvalue weighted by molar-refractivity contribution is 0.0963. The number of carbonyl (C=O) groups excluding carboxylic acids is 2. The Bertz CT molecular complexity index is 508. The molecule has 2 rings (SSSR count). The molecule has 1 aromatic heterocycles. The Labute approximate surface area is 115 Å². The normalized spacial score (nSPS) is 14.6. The van der Waals surface area contributed by atoms with E-state index in [9.17, 15) is 9.59 Å². The largest absolute Gasteiger partial charge is 0.397 e. The zero-order valence-electron chi connectivity index (χ0n) is 11.0. The maximum Gasteiger partial charge on any atom is 0.263 e. The van der Waals surface area contributed by atoms with Crippen LogP contribution in [0.15, 0.2) is 0 Å². The van der Waals surface area contributed by atoms with Crippen LogP contribution in [0, 0.1) is 0 Å². The van der Waals surface area contributed by atoms with Crippen LogP contribution in [0.5, 0.6) is 0 Å². The molecule has 1 aromatic rings. The molecule has 0 aromatic carbocycles. The predicted octanol–water partition coefficient (Wildman–Crippen LogP) is 1.01. The van der Waals surface area contributed by atoms with E-state index in [1.165, 1.54) is 17.8 Å². The van der Waals surface area contributed by atoms with E-state index in [4.69, 9.17) is 5.73 Å². The predicted molar refractivity (Wildman–Crippen MR) is 76.8 cm³/mol. The number of thiophene rings is 1. The van der Waals surface area contributed by atoms with Crippen LogP contribution in [0.25, 0.3) is 0 Å². The van der Waals surface area contributed by atoms with Gasteiger partial charge in [-0.15, -0.1) is 11.3 Å². The molecule has 0 unspecified atom stereocenters. The number of rotatable bonds is 4. The van der Waals surface area contributed by atoms with Crippen LogP contribution in [0.4, 0.5) is 10.7 Å². The molecule has 1 aliphatic carbocycles. The summed E-state index contributed by atoms with van der Waals surface area (Å²) >= 11 is 1.23. The van der Waals surface area contributed by atoms with Crippen molar-refractivity contribution in [2.24, 2.45) is 0 Å². The lowest BCUT2D eigenvalue weighted by Crippen LogP contribution is -2.28. The van der Waals surface area contributed by atoms with Crippen molar-refractivity contribution in [3.63, 3.8) is 0 Å². The minimum Gasteiger partial charge on any atom is -0.397 e. The maximum atomic E-state index is 11.9. The van der Waals surface area contributed by atoms with Gasteiger partial charge >= 0.3 is 0 Å². The Hall–Kier alpha value is -1.76. The zero-order valence-corrected chi connectivity index (χ0v) is 11.8. The van der Waals surface area contributed by atoms with Gasteiger partial charge in [0.15, 0.2) is 0 Å². The monoisotopic (exact) mass is 282 g/mol. The number of carbonyl (C=O) groups is 2. The van der Waals surface area contributed by atoms with Crippen molar-refractivity contribution in [2.75, 3.05) is 25.1 Å². The van der Waals surface area contributed by atoms with Gasteiger partial charge in [-0.3, -0.25) is 9.59 Å². The molecule has 1 fully saturated rings. The van der Waals surface area contributed by atoms with E-state index in [0.717, 1.165) is 12.8 Å². The van der Waals surface area contributed by atoms with Crippen molar-refractivity contribution in [3.8, 4) is 0 Å². The Morgan fingerprint density at radius 1 is 1.21 bits per heavy atom. The standard InChI is InChI=1S/C12H18N4O2S/c1-14-10(17)7-8(13)9(11(18)15-2)19-12(7)16-6-4-3-5-6/h6,16H,3-5,13H2,1-2H3,(H,14,17)(H,15,18). The summed E-state index contributed by atoms with van der Waals surface area (Å²) in [5.74, 6) is -0.542. The first-order valence-electron chi connectivity index (χ1n) is 6.21. The van der Waals surface area contributed by atoms with E-state index in [1.807, 2.05) is 0 Å². The second-order valence-electron chi connectivity index (χ2n) is 4.48. The molecule has 0 spiro atoms. The van der Waals surface area contributed by atoms with Crippen LogP contribution in [0.1, 0.15) is 39.3 Å².